The number of hydrogen-bond donors (Lipinski definition) is 0. The van der Waals surface area contributed by atoms with Gasteiger partial charge in [-0.15, -0.1) is 0 Å². The van der Waals surface area contributed by atoms with Crippen molar-refractivity contribution in [1.82, 2.24) is 9.80 Å². The zero-order valence-electron chi connectivity index (χ0n) is 12.9. The highest BCUT2D eigenvalue weighted by Gasteiger charge is 2.23. The Balaban J connectivity index is 1.93. The van der Waals surface area contributed by atoms with Crippen molar-refractivity contribution >= 4 is 5.78 Å². The smallest absolute Gasteiger partial charge is 0.176 e. The van der Waals surface area contributed by atoms with E-state index in [1.165, 1.54) is 18.4 Å². The molecule has 0 N–H and O–H groups in total. The van der Waals surface area contributed by atoms with Crippen LogP contribution >= 0.6 is 0 Å². The van der Waals surface area contributed by atoms with Crippen molar-refractivity contribution in [3.05, 3.63) is 35.4 Å². The fraction of sp³-hybridized carbons (Fsp3) is 0.588. The molecule has 1 aliphatic heterocycles. The lowest BCUT2D eigenvalue weighted by Gasteiger charge is -2.35. The van der Waals surface area contributed by atoms with Crippen LogP contribution in [0.15, 0.2) is 24.3 Å². The molecule has 0 aliphatic carbocycles. The monoisotopic (exact) mass is 274 g/mol. The van der Waals surface area contributed by atoms with Crippen molar-refractivity contribution in [2.45, 2.75) is 32.2 Å². The van der Waals surface area contributed by atoms with E-state index in [0.29, 0.717) is 12.6 Å². The molecule has 1 fully saturated rings. The number of piperidine rings is 1. The molecule has 0 saturated carbocycles. The second kappa shape index (κ2) is 7.00. The Labute approximate surface area is 122 Å². The number of carbonyl (C=O) groups is 1. The first kappa shape index (κ1) is 15.2. The molecular formula is C17H26N2O. The number of ketones is 1. The first-order valence-corrected chi connectivity index (χ1v) is 7.61. The number of aryl methyl sites for hydroxylation is 1. The minimum absolute atomic E-state index is 0.243. The Kier molecular flexibility index (Phi) is 5.32. The summed E-state index contributed by atoms with van der Waals surface area (Å²) in [6.45, 7) is 4.73. The van der Waals surface area contributed by atoms with Crippen LogP contribution in [0.3, 0.4) is 0 Å². The van der Waals surface area contributed by atoms with E-state index in [9.17, 15) is 4.79 Å². The van der Waals surface area contributed by atoms with Gasteiger partial charge in [0.15, 0.2) is 5.78 Å². The summed E-state index contributed by atoms with van der Waals surface area (Å²) in [5.74, 6) is 0.243. The van der Waals surface area contributed by atoms with Crippen LogP contribution in [-0.2, 0) is 6.42 Å². The van der Waals surface area contributed by atoms with Crippen LogP contribution in [0.4, 0.5) is 0 Å². The number of hydrogen-bond acceptors (Lipinski definition) is 3. The van der Waals surface area contributed by atoms with Crippen LogP contribution in [0.2, 0.25) is 0 Å². The first-order chi connectivity index (χ1) is 9.60. The molecule has 1 unspecified atom stereocenters. The highest BCUT2D eigenvalue weighted by molar-refractivity contribution is 5.97. The van der Waals surface area contributed by atoms with Crippen LogP contribution in [0.25, 0.3) is 0 Å². The molecule has 1 heterocycles. The highest BCUT2D eigenvalue weighted by atomic mass is 16.1. The summed E-state index contributed by atoms with van der Waals surface area (Å²) in [5.41, 5.74) is 2.13. The van der Waals surface area contributed by atoms with Gasteiger partial charge in [-0.3, -0.25) is 9.69 Å². The molecule has 1 aliphatic rings. The van der Waals surface area contributed by atoms with Crippen molar-refractivity contribution < 1.29 is 4.79 Å². The number of carbonyl (C=O) groups excluding carboxylic acids is 1. The molecule has 0 radical (unpaired) electrons. The van der Waals surface area contributed by atoms with Crippen molar-refractivity contribution in [1.29, 1.82) is 0 Å². The Morgan fingerprint density at radius 3 is 2.60 bits per heavy atom. The van der Waals surface area contributed by atoms with Crippen LogP contribution < -0.4 is 0 Å². The van der Waals surface area contributed by atoms with Crippen molar-refractivity contribution in [2.24, 2.45) is 0 Å². The molecule has 1 aromatic rings. The number of rotatable bonds is 5. The Hall–Kier alpha value is -1.19. The number of benzene rings is 1. The molecule has 1 aromatic carbocycles. The quantitative estimate of drug-likeness (QED) is 0.771. The van der Waals surface area contributed by atoms with Crippen molar-refractivity contribution in [3.8, 4) is 0 Å². The Morgan fingerprint density at radius 2 is 2.00 bits per heavy atom. The topological polar surface area (TPSA) is 23.6 Å². The third-order valence-electron chi connectivity index (χ3n) is 4.26. The van der Waals surface area contributed by atoms with Crippen LogP contribution in [0.1, 0.15) is 35.7 Å². The van der Waals surface area contributed by atoms with Crippen LogP contribution in [-0.4, -0.2) is 55.4 Å². The van der Waals surface area contributed by atoms with Gasteiger partial charge >= 0.3 is 0 Å². The Morgan fingerprint density at radius 1 is 1.30 bits per heavy atom. The number of likely N-dealkylation sites (N-methyl/N-ethyl adjacent to an activating group) is 1. The molecule has 0 aromatic heterocycles. The van der Waals surface area contributed by atoms with E-state index < -0.39 is 0 Å². The van der Waals surface area contributed by atoms with Crippen molar-refractivity contribution in [3.63, 3.8) is 0 Å². The highest BCUT2D eigenvalue weighted by Crippen LogP contribution is 2.14. The SMILES string of the molecule is CCc1ccc(C(=O)CN2CCCC(N(C)C)C2)cc1. The van der Waals surface area contributed by atoms with E-state index in [0.717, 1.165) is 25.1 Å². The van der Waals surface area contributed by atoms with E-state index in [1.807, 2.05) is 12.1 Å². The standard InChI is InChI=1S/C17H26N2O/c1-4-14-7-9-15(10-8-14)17(20)13-19-11-5-6-16(12-19)18(2)3/h7-10,16H,4-6,11-13H2,1-3H3. The number of likely N-dealkylation sites (tertiary alicyclic amines) is 1. The maximum absolute atomic E-state index is 12.3. The lowest BCUT2D eigenvalue weighted by atomic mass is 10.0. The summed E-state index contributed by atoms with van der Waals surface area (Å²) in [7, 11) is 4.25. The van der Waals surface area contributed by atoms with Gasteiger partial charge in [-0.25, -0.2) is 0 Å². The molecule has 1 saturated heterocycles. The molecule has 0 bridgehead atoms. The summed E-state index contributed by atoms with van der Waals surface area (Å²) in [4.78, 5) is 16.9. The summed E-state index contributed by atoms with van der Waals surface area (Å²) in [5, 5.41) is 0. The van der Waals surface area contributed by atoms with E-state index in [2.05, 4.69) is 43.0 Å². The van der Waals surface area contributed by atoms with E-state index in [-0.39, 0.29) is 5.78 Å². The zero-order chi connectivity index (χ0) is 14.5. The normalized spacial score (nSPS) is 20.3. The molecule has 20 heavy (non-hydrogen) atoms. The van der Waals surface area contributed by atoms with Crippen molar-refractivity contribution in [2.75, 3.05) is 33.7 Å². The summed E-state index contributed by atoms with van der Waals surface area (Å²) in [6.07, 6.45) is 3.44. The van der Waals surface area contributed by atoms with Gasteiger partial charge in [0.2, 0.25) is 0 Å². The first-order valence-electron chi connectivity index (χ1n) is 7.61. The zero-order valence-corrected chi connectivity index (χ0v) is 12.9. The summed E-state index contributed by atoms with van der Waals surface area (Å²) < 4.78 is 0. The van der Waals surface area contributed by atoms with Crippen LogP contribution in [0, 0.1) is 0 Å². The maximum Gasteiger partial charge on any atom is 0.176 e. The largest absolute Gasteiger partial charge is 0.305 e. The number of Topliss-reactive ketones (excluding diaryl/α,β-unsaturated/α-hetero) is 1. The van der Waals surface area contributed by atoms with E-state index in [1.54, 1.807) is 0 Å². The molecule has 0 spiro atoms. The fourth-order valence-electron chi connectivity index (χ4n) is 2.82. The average Bonchev–Trinajstić information content (AvgIpc) is 2.47. The van der Waals surface area contributed by atoms with E-state index >= 15 is 0 Å². The van der Waals surface area contributed by atoms with Gasteiger partial charge in [0.05, 0.1) is 6.54 Å². The average molecular weight is 274 g/mol. The lowest BCUT2D eigenvalue weighted by molar-refractivity contribution is 0.0852. The van der Waals surface area contributed by atoms with Gasteiger partial charge in [0, 0.05) is 18.2 Å². The maximum atomic E-state index is 12.3. The predicted molar refractivity (Wildman–Crippen MR) is 83.3 cm³/mol. The molecule has 2 rings (SSSR count). The van der Waals surface area contributed by atoms with Gasteiger partial charge in [-0.1, -0.05) is 31.2 Å². The number of nitrogens with zero attached hydrogens (tertiary/aromatic N) is 2. The third-order valence-corrected chi connectivity index (χ3v) is 4.26. The van der Waals surface area contributed by atoms with E-state index in [4.69, 9.17) is 0 Å². The summed E-state index contributed by atoms with van der Waals surface area (Å²) in [6, 6.07) is 8.64. The second-order valence-corrected chi connectivity index (χ2v) is 5.97. The lowest BCUT2D eigenvalue weighted by Crippen LogP contribution is -2.46. The van der Waals surface area contributed by atoms with Gasteiger partial charge in [0.25, 0.3) is 0 Å². The van der Waals surface area contributed by atoms with Gasteiger partial charge in [0.1, 0.15) is 0 Å². The van der Waals surface area contributed by atoms with Crippen LogP contribution in [0.5, 0.6) is 0 Å². The van der Waals surface area contributed by atoms with Gasteiger partial charge < -0.3 is 4.90 Å². The summed E-state index contributed by atoms with van der Waals surface area (Å²) >= 11 is 0. The van der Waals surface area contributed by atoms with Gasteiger partial charge in [-0.2, -0.15) is 0 Å². The minimum atomic E-state index is 0.243. The molecule has 0 amide bonds. The minimum Gasteiger partial charge on any atom is -0.305 e. The predicted octanol–water partition coefficient (Wildman–Crippen LogP) is 2.46. The molecule has 110 valence electrons. The third kappa shape index (κ3) is 3.90. The fourth-order valence-corrected chi connectivity index (χ4v) is 2.82. The molecule has 3 heteroatoms. The van der Waals surface area contributed by atoms with Gasteiger partial charge in [-0.05, 0) is 45.5 Å². The molecule has 3 nitrogen and oxygen atoms in total. The molecule has 1 atom stereocenters. The second-order valence-electron chi connectivity index (χ2n) is 5.97. The molecular weight excluding hydrogens is 248 g/mol. The Bertz CT molecular complexity index is 439.